The van der Waals surface area contributed by atoms with Crippen LogP contribution in [0.15, 0.2) is 47.5 Å². The molecule has 29 heavy (non-hydrogen) atoms. The van der Waals surface area contributed by atoms with Crippen LogP contribution in [-0.2, 0) is 24.3 Å². The van der Waals surface area contributed by atoms with E-state index in [9.17, 15) is 9.59 Å². The van der Waals surface area contributed by atoms with Gasteiger partial charge >= 0.3 is 0 Å². The van der Waals surface area contributed by atoms with Gasteiger partial charge in [0.1, 0.15) is 11.6 Å². The number of aromatic amines is 1. The molecule has 7 heteroatoms. The fourth-order valence-electron chi connectivity index (χ4n) is 3.39. The number of aromatic nitrogens is 3. The Balaban J connectivity index is 1.62. The molecule has 0 aliphatic heterocycles. The van der Waals surface area contributed by atoms with E-state index in [0.717, 1.165) is 16.7 Å². The van der Waals surface area contributed by atoms with Crippen molar-refractivity contribution in [2.45, 2.75) is 39.8 Å². The van der Waals surface area contributed by atoms with Crippen molar-refractivity contribution < 1.29 is 4.79 Å². The second-order valence-electron chi connectivity index (χ2n) is 6.92. The number of H-pyrrole nitrogens is 1. The molecule has 7 nitrogen and oxygen atoms in total. The lowest BCUT2D eigenvalue weighted by Crippen LogP contribution is -2.24. The SMILES string of the molecule is Cc1[nH]c(=O)c(C#N)c(C)c1CCC(=O)NCc1ccccc1Cn1cccn1. The third kappa shape index (κ3) is 4.79. The molecule has 0 radical (unpaired) electrons. The van der Waals surface area contributed by atoms with E-state index in [0.29, 0.717) is 30.8 Å². The summed E-state index contributed by atoms with van der Waals surface area (Å²) in [6.07, 6.45) is 4.38. The van der Waals surface area contributed by atoms with Crippen molar-refractivity contribution in [3.05, 3.63) is 86.6 Å². The van der Waals surface area contributed by atoms with Gasteiger partial charge < -0.3 is 10.3 Å². The Labute approximate surface area is 169 Å². The number of benzene rings is 1. The zero-order valence-corrected chi connectivity index (χ0v) is 16.5. The minimum atomic E-state index is -0.385. The fourth-order valence-corrected chi connectivity index (χ4v) is 3.39. The predicted octanol–water partition coefficient (Wildman–Crippen LogP) is 2.36. The Hall–Kier alpha value is -3.66. The summed E-state index contributed by atoms with van der Waals surface area (Å²) in [5, 5.41) is 16.4. The molecule has 0 unspecified atom stereocenters. The number of hydrogen-bond acceptors (Lipinski definition) is 4. The summed E-state index contributed by atoms with van der Waals surface area (Å²) in [6, 6.07) is 11.8. The van der Waals surface area contributed by atoms with Gasteiger partial charge in [-0.25, -0.2) is 0 Å². The van der Waals surface area contributed by atoms with Gasteiger partial charge in [0, 0.05) is 31.1 Å². The van der Waals surface area contributed by atoms with Crippen molar-refractivity contribution in [1.29, 1.82) is 5.26 Å². The van der Waals surface area contributed by atoms with E-state index in [-0.39, 0.29) is 23.5 Å². The van der Waals surface area contributed by atoms with Crippen LogP contribution in [0.25, 0.3) is 0 Å². The molecule has 3 aromatic rings. The van der Waals surface area contributed by atoms with Gasteiger partial charge in [0.25, 0.3) is 5.56 Å². The molecule has 1 aromatic carbocycles. The average molecular weight is 389 g/mol. The summed E-state index contributed by atoms with van der Waals surface area (Å²) in [4.78, 5) is 26.9. The monoisotopic (exact) mass is 389 g/mol. The van der Waals surface area contributed by atoms with E-state index in [4.69, 9.17) is 5.26 Å². The van der Waals surface area contributed by atoms with Gasteiger partial charge in [-0.1, -0.05) is 24.3 Å². The number of nitrogens with one attached hydrogen (secondary N) is 2. The lowest BCUT2D eigenvalue weighted by atomic mass is 9.99. The molecule has 1 amide bonds. The molecule has 0 atom stereocenters. The summed E-state index contributed by atoms with van der Waals surface area (Å²) in [5.41, 5.74) is 4.05. The summed E-state index contributed by atoms with van der Waals surface area (Å²) in [6.45, 7) is 4.61. The largest absolute Gasteiger partial charge is 0.352 e. The van der Waals surface area contributed by atoms with Crippen molar-refractivity contribution >= 4 is 5.91 Å². The molecule has 0 spiro atoms. The maximum atomic E-state index is 12.4. The van der Waals surface area contributed by atoms with Crippen molar-refractivity contribution in [2.24, 2.45) is 0 Å². The molecule has 0 saturated carbocycles. The Morgan fingerprint density at radius 1 is 1.24 bits per heavy atom. The van der Waals surface area contributed by atoms with Gasteiger partial charge in [-0.2, -0.15) is 10.4 Å². The van der Waals surface area contributed by atoms with Gasteiger partial charge in [0.05, 0.1) is 6.54 Å². The van der Waals surface area contributed by atoms with E-state index in [2.05, 4.69) is 15.4 Å². The highest BCUT2D eigenvalue weighted by atomic mass is 16.1. The molecular formula is C22H23N5O2. The zero-order valence-electron chi connectivity index (χ0n) is 16.5. The van der Waals surface area contributed by atoms with Crippen molar-refractivity contribution in [3.63, 3.8) is 0 Å². The normalized spacial score (nSPS) is 10.5. The van der Waals surface area contributed by atoms with E-state index < -0.39 is 0 Å². The van der Waals surface area contributed by atoms with Crippen LogP contribution < -0.4 is 10.9 Å². The summed E-state index contributed by atoms with van der Waals surface area (Å²) in [7, 11) is 0. The Bertz CT molecular complexity index is 1110. The number of aryl methyl sites for hydroxylation is 1. The first-order valence-corrected chi connectivity index (χ1v) is 9.43. The lowest BCUT2D eigenvalue weighted by molar-refractivity contribution is -0.121. The first-order chi connectivity index (χ1) is 14.0. The number of rotatable bonds is 7. The topological polar surface area (TPSA) is 104 Å². The van der Waals surface area contributed by atoms with Gasteiger partial charge in [-0.15, -0.1) is 0 Å². The van der Waals surface area contributed by atoms with Crippen LogP contribution in [0.3, 0.4) is 0 Å². The molecule has 0 aliphatic carbocycles. The summed E-state index contributed by atoms with van der Waals surface area (Å²) < 4.78 is 1.84. The standard InChI is InChI=1S/C22H23N5O2/c1-15-19(16(2)26-22(29)20(15)12-23)8-9-21(28)24-13-17-6-3-4-7-18(17)14-27-11-5-10-25-27/h3-7,10-11H,8-9,13-14H2,1-2H3,(H,24,28)(H,26,29). The number of carbonyl (C=O) groups excluding carboxylic acids is 1. The maximum Gasteiger partial charge on any atom is 0.266 e. The second-order valence-corrected chi connectivity index (χ2v) is 6.92. The van der Waals surface area contributed by atoms with Crippen LogP contribution in [0.1, 0.15) is 39.9 Å². The Morgan fingerprint density at radius 2 is 2.00 bits per heavy atom. The van der Waals surface area contributed by atoms with Crippen LogP contribution in [0.5, 0.6) is 0 Å². The molecule has 0 aliphatic rings. The number of carbonyl (C=O) groups is 1. The maximum absolute atomic E-state index is 12.4. The average Bonchev–Trinajstić information content (AvgIpc) is 3.20. The molecule has 148 valence electrons. The van der Waals surface area contributed by atoms with Crippen LogP contribution in [-0.4, -0.2) is 20.7 Å². The van der Waals surface area contributed by atoms with Gasteiger partial charge in [-0.3, -0.25) is 14.3 Å². The Morgan fingerprint density at radius 3 is 2.69 bits per heavy atom. The number of hydrogen-bond donors (Lipinski definition) is 2. The number of nitriles is 1. The third-order valence-corrected chi connectivity index (χ3v) is 5.01. The molecule has 2 aromatic heterocycles. The number of amides is 1. The smallest absolute Gasteiger partial charge is 0.266 e. The van der Waals surface area contributed by atoms with Gasteiger partial charge in [0.2, 0.25) is 5.91 Å². The number of nitrogens with zero attached hydrogens (tertiary/aromatic N) is 3. The molecule has 3 rings (SSSR count). The first kappa shape index (κ1) is 20.1. The number of pyridine rings is 1. The van der Waals surface area contributed by atoms with Crippen LogP contribution >= 0.6 is 0 Å². The van der Waals surface area contributed by atoms with Crippen LogP contribution in [0.2, 0.25) is 0 Å². The quantitative estimate of drug-likeness (QED) is 0.647. The van der Waals surface area contributed by atoms with Crippen molar-refractivity contribution in [1.82, 2.24) is 20.1 Å². The molecule has 0 fully saturated rings. The predicted molar refractivity (Wildman–Crippen MR) is 109 cm³/mol. The third-order valence-electron chi connectivity index (χ3n) is 5.01. The van der Waals surface area contributed by atoms with E-state index >= 15 is 0 Å². The van der Waals surface area contributed by atoms with Gasteiger partial charge in [0.15, 0.2) is 0 Å². The van der Waals surface area contributed by atoms with E-state index in [1.54, 1.807) is 20.0 Å². The molecule has 0 saturated heterocycles. The van der Waals surface area contributed by atoms with Crippen LogP contribution in [0, 0.1) is 25.2 Å². The molecular weight excluding hydrogens is 366 g/mol. The Kier molecular flexibility index (Phi) is 6.25. The molecule has 0 bridgehead atoms. The first-order valence-electron chi connectivity index (χ1n) is 9.43. The van der Waals surface area contributed by atoms with Crippen molar-refractivity contribution in [2.75, 3.05) is 0 Å². The summed E-state index contributed by atoms with van der Waals surface area (Å²) in [5.74, 6) is -0.0811. The second kappa shape index (κ2) is 9.02. The minimum Gasteiger partial charge on any atom is -0.352 e. The highest BCUT2D eigenvalue weighted by molar-refractivity contribution is 5.76. The van der Waals surface area contributed by atoms with Crippen LogP contribution in [0.4, 0.5) is 0 Å². The zero-order chi connectivity index (χ0) is 20.8. The van der Waals surface area contributed by atoms with E-state index in [1.807, 2.05) is 47.3 Å². The molecule has 2 N–H and O–H groups in total. The highest BCUT2D eigenvalue weighted by Crippen LogP contribution is 2.15. The van der Waals surface area contributed by atoms with Crippen molar-refractivity contribution in [3.8, 4) is 6.07 Å². The highest BCUT2D eigenvalue weighted by Gasteiger charge is 2.13. The van der Waals surface area contributed by atoms with E-state index in [1.165, 1.54) is 0 Å². The molecule has 2 heterocycles. The lowest BCUT2D eigenvalue weighted by Gasteiger charge is -2.13. The summed E-state index contributed by atoms with van der Waals surface area (Å²) >= 11 is 0. The fraction of sp³-hybridized carbons (Fsp3) is 0.273. The van der Waals surface area contributed by atoms with Gasteiger partial charge in [-0.05, 0) is 48.6 Å². The minimum absolute atomic E-state index is 0.0811.